The number of carbonyl (C=O) groups is 2. The molecular weight excluding hydrogens is 408 g/mol. The summed E-state index contributed by atoms with van der Waals surface area (Å²) in [6, 6.07) is 19.6. The van der Waals surface area contributed by atoms with Crippen molar-refractivity contribution in [2.75, 3.05) is 13.7 Å². The van der Waals surface area contributed by atoms with Crippen LogP contribution in [0.15, 0.2) is 72.5 Å². The fourth-order valence-electron chi connectivity index (χ4n) is 3.31. The van der Waals surface area contributed by atoms with Crippen LogP contribution < -0.4 is 14.2 Å². The van der Waals surface area contributed by atoms with Gasteiger partial charge in [-0.15, -0.1) is 0 Å². The van der Waals surface area contributed by atoms with E-state index in [0.717, 1.165) is 11.1 Å². The largest absolute Gasteiger partial charge is 0.493 e. The van der Waals surface area contributed by atoms with Crippen LogP contribution in [0.25, 0.3) is 6.08 Å². The van der Waals surface area contributed by atoms with Crippen LogP contribution >= 0.6 is 0 Å². The first-order valence-electron chi connectivity index (χ1n) is 10.2. The van der Waals surface area contributed by atoms with Crippen molar-refractivity contribution in [3.05, 3.63) is 94.7 Å². The Morgan fingerprint density at radius 1 is 1.00 bits per heavy atom. The van der Waals surface area contributed by atoms with Crippen LogP contribution in [0.5, 0.6) is 17.2 Å². The Morgan fingerprint density at radius 2 is 1.78 bits per heavy atom. The van der Waals surface area contributed by atoms with Gasteiger partial charge in [-0.05, 0) is 48.9 Å². The minimum atomic E-state index is -0.384. The molecule has 0 aliphatic carbocycles. The lowest BCUT2D eigenvalue weighted by atomic mass is 10.1. The van der Waals surface area contributed by atoms with E-state index >= 15 is 0 Å². The molecule has 1 aliphatic heterocycles. The Hall–Kier alpha value is -4.06. The minimum absolute atomic E-state index is 0.184. The monoisotopic (exact) mass is 430 g/mol. The van der Waals surface area contributed by atoms with Crippen LogP contribution in [0.3, 0.4) is 0 Å². The van der Waals surface area contributed by atoms with Crippen molar-refractivity contribution in [2.45, 2.75) is 13.5 Å². The highest BCUT2D eigenvalue weighted by atomic mass is 16.5. The molecule has 0 saturated heterocycles. The number of methoxy groups -OCH3 is 1. The van der Waals surface area contributed by atoms with E-state index in [4.69, 9.17) is 18.9 Å². The highest BCUT2D eigenvalue weighted by Gasteiger charge is 2.28. The first kappa shape index (κ1) is 21.2. The van der Waals surface area contributed by atoms with Gasteiger partial charge in [0.25, 0.3) is 0 Å². The summed E-state index contributed by atoms with van der Waals surface area (Å²) in [4.78, 5) is 24.3. The molecule has 0 atom stereocenters. The highest BCUT2D eigenvalue weighted by molar-refractivity contribution is 6.14. The number of ether oxygens (including phenoxy) is 4. The number of hydrogen-bond acceptors (Lipinski definition) is 6. The molecule has 3 aromatic carbocycles. The van der Waals surface area contributed by atoms with Gasteiger partial charge >= 0.3 is 5.97 Å². The SMILES string of the molecule is CCOc1ccccc1/C=C1\Oc2cc(OCc3ccc(C(=O)OC)cc3)ccc2C1=O. The third-order valence-electron chi connectivity index (χ3n) is 4.93. The van der Waals surface area contributed by atoms with Gasteiger partial charge in [-0.3, -0.25) is 4.79 Å². The van der Waals surface area contributed by atoms with Crippen molar-refractivity contribution in [1.82, 2.24) is 0 Å². The molecule has 0 fully saturated rings. The second-order valence-electron chi connectivity index (χ2n) is 7.05. The molecule has 0 aromatic heterocycles. The maximum atomic E-state index is 12.8. The first-order chi connectivity index (χ1) is 15.6. The Labute approximate surface area is 186 Å². The van der Waals surface area contributed by atoms with Gasteiger partial charge in [0.2, 0.25) is 5.78 Å². The molecule has 32 heavy (non-hydrogen) atoms. The van der Waals surface area contributed by atoms with Crippen LogP contribution in [-0.4, -0.2) is 25.5 Å². The molecule has 6 nitrogen and oxygen atoms in total. The molecule has 0 bridgehead atoms. The minimum Gasteiger partial charge on any atom is -0.493 e. The number of ketones is 1. The fraction of sp³-hybridized carbons (Fsp3) is 0.154. The maximum Gasteiger partial charge on any atom is 0.337 e. The van der Waals surface area contributed by atoms with Crippen LogP contribution in [0.4, 0.5) is 0 Å². The van der Waals surface area contributed by atoms with Crippen LogP contribution in [-0.2, 0) is 11.3 Å². The third-order valence-corrected chi connectivity index (χ3v) is 4.93. The summed E-state index contributed by atoms with van der Waals surface area (Å²) in [7, 11) is 1.35. The average molecular weight is 430 g/mol. The molecule has 6 heteroatoms. The average Bonchev–Trinajstić information content (AvgIpc) is 3.13. The van der Waals surface area contributed by atoms with Gasteiger partial charge in [0.1, 0.15) is 23.9 Å². The van der Waals surface area contributed by atoms with E-state index in [1.165, 1.54) is 7.11 Å². The van der Waals surface area contributed by atoms with E-state index in [9.17, 15) is 9.59 Å². The van der Waals surface area contributed by atoms with Crippen molar-refractivity contribution in [1.29, 1.82) is 0 Å². The second-order valence-corrected chi connectivity index (χ2v) is 7.05. The summed E-state index contributed by atoms with van der Waals surface area (Å²) in [5.74, 6) is 1.39. The number of allylic oxidation sites excluding steroid dienone is 1. The molecule has 3 aromatic rings. The molecule has 0 radical (unpaired) electrons. The van der Waals surface area contributed by atoms with Gasteiger partial charge < -0.3 is 18.9 Å². The molecule has 0 saturated carbocycles. The zero-order valence-corrected chi connectivity index (χ0v) is 17.8. The number of para-hydroxylation sites is 1. The molecule has 1 aliphatic rings. The lowest BCUT2D eigenvalue weighted by molar-refractivity contribution is 0.0600. The normalized spacial score (nSPS) is 13.4. The quantitative estimate of drug-likeness (QED) is 0.385. The number of fused-ring (bicyclic) bond motifs is 1. The molecule has 0 spiro atoms. The number of Topliss-reactive ketones (excluding diaryl/α,β-unsaturated/α-hetero) is 1. The van der Waals surface area contributed by atoms with Crippen molar-refractivity contribution in [3.63, 3.8) is 0 Å². The van der Waals surface area contributed by atoms with Gasteiger partial charge in [-0.1, -0.05) is 30.3 Å². The summed E-state index contributed by atoms with van der Waals surface area (Å²) in [6.07, 6.45) is 1.69. The van der Waals surface area contributed by atoms with Crippen molar-refractivity contribution >= 4 is 17.8 Å². The molecule has 0 N–H and O–H groups in total. The summed E-state index contributed by atoms with van der Waals surface area (Å²) in [6.45, 7) is 2.74. The molecule has 0 amide bonds. The van der Waals surface area contributed by atoms with Gasteiger partial charge in [0.15, 0.2) is 5.76 Å². The highest BCUT2D eigenvalue weighted by Crippen LogP contribution is 2.36. The first-order valence-corrected chi connectivity index (χ1v) is 10.2. The van der Waals surface area contributed by atoms with E-state index in [2.05, 4.69) is 0 Å². The second kappa shape index (κ2) is 9.39. The fourth-order valence-corrected chi connectivity index (χ4v) is 3.31. The Balaban J connectivity index is 1.47. The Morgan fingerprint density at radius 3 is 2.53 bits per heavy atom. The molecular formula is C26H22O6. The van der Waals surface area contributed by atoms with E-state index in [-0.39, 0.29) is 17.5 Å². The van der Waals surface area contributed by atoms with E-state index in [1.54, 1.807) is 48.5 Å². The number of carbonyl (C=O) groups excluding carboxylic acids is 2. The number of hydrogen-bond donors (Lipinski definition) is 0. The third kappa shape index (κ3) is 4.49. The summed E-state index contributed by atoms with van der Waals surface area (Å²) >= 11 is 0. The number of rotatable bonds is 7. The topological polar surface area (TPSA) is 71.1 Å². The standard InChI is InChI=1S/C26H22O6/c1-3-30-22-7-5-4-6-19(22)14-24-25(27)21-13-12-20(15-23(21)32-24)31-16-17-8-10-18(11-9-17)26(28)29-2/h4-15H,3,16H2,1-2H3/b24-14-. The van der Waals surface area contributed by atoms with Crippen LogP contribution in [0.2, 0.25) is 0 Å². The predicted octanol–water partition coefficient (Wildman–Crippen LogP) is 5.07. The van der Waals surface area contributed by atoms with Gasteiger partial charge in [0, 0.05) is 11.6 Å². The summed E-state index contributed by atoms with van der Waals surface area (Å²) in [5, 5.41) is 0. The van der Waals surface area contributed by atoms with Crippen LogP contribution in [0, 0.1) is 0 Å². The van der Waals surface area contributed by atoms with Crippen molar-refractivity contribution in [2.24, 2.45) is 0 Å². The van der Waals surface area contributed by atoms with Gasteiger partial charge in [-0.2, -0.15) is 0 Å². The lowest BCUT2D eigenvalue weighted by Gasteiger charge is -2.08. The zero-order chi connectivity index (χ0) is 22.5. The number of esters is 1. The molecule has 0 unspecified atom stereocenters. The molecule has 4 rings (SSSR count). The predicted molar refractivity (Wildman–Crippen MR) is 119 cm³/mol. The summed E-state index contributed by atoms with van der Waals surface area (Å²) < 4.78 is 22.0. The Kier molecular flexibility index (Phi) is 6.22. The Bertz CT molecular complexity index is 1180. The lowest BCUT2D eigenvalue weighted by Crippen LogP contribution is -2.02. The molecule has 162 valence electrons. The van der Waals surface area contributed by atoms with Crippen molar-refractivity contribution in [3.8, 4) is 17.2 Å². The van der Waals surface area contributed by atoms with E-state index in [0.29, 0.717) is 41.6 Å². The summed E-state index contributed by atoms with van der Waals surface area (Å²) in [5.41, 5.74) is 2.63. The number of benzene rings is 3. The zero-order valence-electron chi connectivity index (χ0n) is 17.8. The van der Waals surface area contributed by atoms with Crippen molar-refractivity contribution < 1.29 is 28.5 Å². The maximum absolute atomic E-state index is 12.8. The van der Waals surface area contributed by atoms with Crippen LogP contribution in [0.1, 0.15) is 38.8 Å². The van der Waals surface area contributed by atoms with Gasteiger partial charge in [-0.25, -0.2) is 4.79 Å². The van der Waals surface area contributed by atoms with E-state index in [1.807, 2.05) is 31.2 Å². The van der Waals surface area contributed by atoms with Gasteiger partial charge in [0.05, 0.1) is 24.8 Å². The van der Waals surface area contributed by atoms with E-state index < -0.39 is 0 Å². The smallest absolute Gasteiger partial charge is 0.337 e. The molecule has 1 heterocycles.